The van der Waals surface area contributed by atoms with Crippen LogP contribution in [0.25, 0.3) is 0 Å². The molecule has 0 aromatic carbocycles. The van der Waals surface area contributed by atoms with Gasteiger partial charge in [0.2, 0.25) is 0 Å². The molecule has 4 heteroatoms. The lowest BCUT2D eigenvalue weighted by Gasteiger charge is -2.40. The molecule has 0 aliphatic carbocycles. The van der Waals surface area contributed by atoms with Crippen LogP contribution in [0.15, 0.2) is 27.4 Å². The van der Waals surface area contributed by atoms with Gasteiger partial charge in [0.15, 0.2) is 0 Å². The quantitative estimate of drug-likeness (QED) is 0.534. The average molecular weight is 258 g/mol. The highest BCUT2D eigenvalue weighted by Crippen LogP contribution is 2.29. The van der Waals surface area contributed by atoms with Crippen molar-refractivity contribution in [2.45, 2.75) is 26.3 Å². The second-order valence-corrected chi connectivity index (χ2v) is 4.73. The van der Waals surface area contributed by atoms with Gasteiger partial charge < -0.3 is 10.6 Å². The van der Waals surface area contributed by atoms with Gasteiger partial charge in [-0.3, -0.25) is 4.99 Å². The van der Waals surface area contributed by atoms with Crippen molar-refractivity contribution in [3.05, 3.63) is 22.5 Å². The van der Waals surface area contributed by atoms with Crippen LogP contribution in [0.2, 0.25) is 0 Å². The zero-order valence-corrected chi connectivity index (χ0v) is 10.6. The summed E-state index contributed by atoms with van der Waals surface area (Å²) in [4.78, 5) is 6.23. The third kappa shape index (κ3) is 1.85. The topological polar surface area (TPSA) is 41.6 Å². The Labute approximate surface area is 93.5 Å². The lowest BCUT2D eigenvalue weighted by molar-refractivity contribution is 0.324. The Bertz CT molecular complexity index is 326. The van der Waals surface area contributed by atoms with Gasteiger partial charge in [0.1, 0.15) is 5.84 Å². The van der Waals surface area contributed by atoms with E-state index in [1.165, 1.54) is 0 Å². The molecule has 0 amide bonds. The second-order valence-electron chi connectivity index (χ2n) is 3.81. The first-order valence-corrected chi connectivity index (χ1v) is 5.26. The van der Waals surface area contributed by atoms with E-state index in [4.69, 9.17) is 5.73 Å². The Morgan fingerprint density at radius 1 is 1.57 bits per heavy atom. The van der Waals surface area contributed by atoms with Crippen LogP contribution in [0, 0.1) is 0 Å². The number of aliphatic imine (C=N–C) groups is 1. The molecule has 0 saturated heterocycles. The van der Waals surface area contributed by atoms with E-state index in [-0.39, 0.29) is 5.54 Å². The molecule has 0 spiro atoms. The molecule has 3 nitrogen and oxygen atoms in total. The van der Waals surface area contributed by atoms with Crippen LogP contribution in [0.1, 0.15) is 20.8 Å². The van der Waals surface area contributed by atoms with Gasteiger partial charge in [-0.05, 0) is 42.8 Å². The average Bonchev–Trinajstić information content (AvgIpc) is 2.10. The van der Waals surface area contributed by atoms with Gasteiger partial charge in [-0.1, -0.05) is 0 Å². The predicted molar refractivity (Wildman–Crippen MR) is 64.2 cm³/mol. The molecule has 0 fully saturated rings. The number of amidine groups is 1. The Morgan fingerprint density at radius 2 is 2.14 bits per heavy atom. The highest BCUT2D eigenvalue weighted by atomic mass is 79.9. The zero-order chi connectivity index (χ0) is 10.9. The summed E-state index contributed by atoms with van der Waals surface area (Å²) in [7, 11) is 1.78. The van der Waals surface area contributed by atoms with Crippen molar-refractivity contribution in [3.8, 4) is 0 Å². The van der Waals surface area contributed by atoms with E-state index in [0.29, 0.717) is 0 Å². The molecule has 0 unspecified atom stereocenters. The van der Waals surface area contributed by atoms with Crippen LogP contribution in [0.4, 0.5) is 0 Å². The summed E-state index contributed by atoms with van der Waals surface area (Å²) < 4.78 is 0.970. The maximum atomic E-state index is 5.98. The lowest BCUT2D eigenvalue weighted by atomic mass is 9.96. The second kappa shape index (κ2) is 3.77. The van der Waals surface area contributed by atoms with Crippen LogP contribution >= 0.6 is 15.9 Å². The third-order valence-electron chi connectivity index (χ3n) is 2.53. The molecule has 14 heavy (non-hydrogen) atoms. The highest BCUT2D eigenvalue weighted by Gasteiger charge is 2.31. The molecule has 0 aromatic rings. The van der Waals surface area contributed by atoms with E-state index in [1.54, 1.807) is 7.05 Å². The number of hydrogen-bond donors (Lipinski definition) is 1. The molecule has 0 saturated carbocycles. The molecule has 0 aromatic heterocycles. The van der Waals surface area contributed by atoms with E-state index in [1.807, 2.05) is 19.2 Å². The highest BCUT2D eigenvalue weighted by molar-refractivity contribution is 9.11. The summed E-state index contributed by atoms with van der Waals surface area (Å²) in [5.74, 6) is 0.947. The van der Waals surface area contributed by atoms with Gasteiger partial charge in [-0.2, -0.15) is 0 Å². The van der Waals surface area contributed by atoms with Crippen molar-refractivity contribution < 1.29 is 0 Å². The number of halogens is 1. The molecule has 0 bridgehead atoms. The maximum absolute atomic E-state index is 5.98. The number of nitrogens with two attached hydrogens (primary N) is 1. The van der Waals surface area contributed by atoms with Gasteiger partial charge in [-0.15, -0.1) is 0 Å². The van der Waals surface area contributed by atoms with Crippen LogP contribution in [-0.4, -0.2) is 23.3 Å². The van der Waals surface area contributed by atoms with E-state index >= 15 is 0 Å². The molecule has 1 heterocycles. The minimum atomic E-state index is -0.207. The monoisotopic (exact) mass is 257 g/mol. The Kier molecular flexibility index (Phi) is 3.04. The van der Waals surface area contributed by atoms with Gasteiger partial charge in [0, 0.05) is 23.4 Å². The van der Waals surface area contributed by atoms with Crippen LogP contribution < -0.4 is 5.73 Å². The molecule has 0 radical (unpaired) electrons. The fraction of sp³-hybridized carbons (Fsp3) is 0.500. The summed E-state index contributed by atoms with van der Waals surface area (Å²) in [5.41, 5.74) is 6.60. The van der Waals surface area contributed by atoms with Crippen molar-refractivity contribution in [1.82, 2.24) is 4.90 Å². The fourth-order valence-electron chi connectivity index (χ4n) is 1.39. The molecule has 78 valence electrons. The first kappa shape index (κ1) is 11.3. The van der Waals surface area contributed by atoms with Crippen molar-refractivity contribution in [2.75, 3.05) is 7.05 Å². The Morgan fingerprint density at radius 3 is 2.64 bits per heavy atom. The third-order valence-corrected chi connectivity index (χ3v) is 2.96. The fourth-order valence-corrected chi connectivity index (χ4v) is 1.84. The van der Waals surface area contributed by atoms with Crippen LogP contribution in [0.5, 0.6) is 0 Å². The van der Waals surface area contributed by atoms with Gasteiger partial charge in [0.25, 0.3) is 0 Å². The van der Waals surface area contributed by atoms with E-state index in [2.05, 4.69) is 39.7 Å². The summed E-state index contributed by atoms with van der Waals surface area (Å²) >= 11 is 3.43. The van der Waals surface area contributed by atoms with Crippen molar-refractivity contribution in [2.24, 2.45) is 10.7 Å². The van der Waals surface area contributed by atoms with Gasteiger partial charge in [0.05, 0.1) is 5.54 Å². The summed E-state index contributed by atoms with van der Waals surface area (Å²) in [6.45, 7) is 6.12. The number of nitrogens with zero attached hydrogens (tertiary/aromatic N) is 2. The maximum Gasteiger partial charge on any atom is 0.100 e. The zero-order valence-electron chi connectivity index (χ0n) is 9.00. The standard InChI is InChI=1S/C10H16BrN3/c1-7(13-4)14-6-8(11)5-9(12)10(14,2)3/h5-6H,12H2,1-4H3/b13-7-. The molecule has 1 aliphatic heterocycles. The Hall–Kier alpha value is -0.770. The van der Waals surface area contributed by atoms with Gasteiger partial charge in [-0.25, -0.2) is 0 Å². The van der Waals surface area contributed by atoms with E-state index in [0.717, 1.165) is 16.0 Å². The summed E-state index contributed by atoms with van der Waals surface area (Å²) in [6.07, 6.45) is 3.93. The van der Waals surface area contributed by atoms with Crippen LogP contribution in [0.3, 0.4) is 0 Å². The lowest BCUT2D eigenvalue weighted by Crippen LogP contribution is -2.48. The first-order valence-electron chi connectivity index (χ1n) is 4.47. The molecular formula is C10H16BrN3. The normalized spacial score (nSPS) is 21.8. The Balaban J connectivity index is 3.14. The molecule has 1 rings (SSSR count). The summed E-state index contributed by atoms with van der Waals surface area (Å²) in [5, 5.41) is 0. The summed E-state index contributed by atoms with van der Waals surface area (Å²) in [6, 6.07) is 0. The molecular weight excluding hydrogens is 242 g/mol. The van der Waals surface area contributed by atoms with Crippen LogP contribution in [-0.2, 0) is 0 Å². The molecule has 2 N–H and O–H groups in total. The molecule has 0 atom stereocenters. The minimum absolute atomic E-state index is 0.207. The number of hydrogen-bond acceptors (Lipinski definition) is 2. The minimum Gasteiger partial charge on any atom is -0.400 e. The SMILES string of the molecule is C/N=C(/C)N1C=C(Br)C=C(N)C1(C)C. The van der Waals surface area contributed by atoms with E-state index in [9.17, 15) is 0 Å². The van der Waals surface area contributed by atoms with E-state index < -0.39 is 0 Å². The molecule has 1 aliphatic rings. The van der Waals surface area contributed by atoms with Crippen molar-refractivity contribution >= 4 is 21.8 Å². The van der Waals surface area contributed by atoms with Crippen molar-refractivity contribution in [1.29, 1.82) is 0 Å². The van der Waals surface area contributed by atoms with Crippen molar-refractivity contribution in [3.63, 3.8) is 0 Å². The number of allylic oxidation sites excluding steroid dienone is 2. The first-order chi connectivity index (χ1) is 6.39. The van der Waals surface area contributed by atoms with Gasteiger partial charge >= 0.3 is 0 Å². The predicted octanol–water partition coefficient (Wildman–Crippen LogP) is 2.21. The largest absolute Gasteiger partial charge is 0.400 e. The smallest absolute Gasteiger partial charge is 0.100 e. The number of rotatable bonds is 0.